The van der Waals surface area contributed by atoms with Gasteiger partial charge in [0.2, 0.25) is 0 Å². The fraction of sp³-hybridized carbons (Fsp3) is 0.0556. The number of nitrogens with one attached hydrogen (secondary N) is 1. The lowest BCUT2D eigenvalue weighted by molar-refractivity contribution is 0.788. The van der Waals surface area contributed by atoms with Crippen molar-refractivity contribution in [3.63, 3.8) is 0 Å². The molecule has 0 fully saturated rings. The second-order valence-corrected chi connectivity index (χ2v) is 5.15. The molecule has 3 heteroatoms. The van der Waals surface area contributed by atoms with Crippen LogP contribution in [0.3, 0.4) is 0 Å². The fourth-order valence-electron chi connectivity index (χ4n) is 2.70. The number of para-hydroxylation sites is 1. The van der Waals surface area contributed by atoms with Gasteiger partial charge in [-0.2, -0.15) is 0 Å². The Labute approximate surface area is 122 Å². The first-order valence-electron chi connectivity index (χ1n) is 7.02. The van der Waals surface area contributed by atoms with Crippen molar-refractivity contribution in [1.82, 2.24) is 14.5 Å². The molecule has 2 aromatic carbocycles. The van der Waals surface area contributed by atoms with E-state index >= 15 is 0 Å². The van der Waals surface area contributed by atoms with Crippen LogP contribution in [0.1, 0.15) is 5.69 Å². The van der Waals surface area contributed by atoms with E-state index in [-0.39, 0.29) is 0 Å². The third kappa shape index (κ3) is 2.23. The predicted octanol–water partition coefficient (Wildman–Crippen LogP) is 4.08. The van der Waals surface area contributed by atoms with Gasteiger partial charge < -0.3 is 9.55 Å². The highest BCUT2D eigenvalue weighted by Gasteiger charge is 2.07. The van der Waals surface area contributed by atoms with Crippen LogP contribution in [0.4, 0.5) is 0 Å². The molecule has 2 aromatic heterocycles. The largest absolute Gasteiger partial charge is 0.357 e. The van der Waals surface area contributed by atoms with Gasteiger partial charge in [0.05, 0.1) is 24.8 Å². The molecule has 0 spiro atoms. The summed E-state index contributed by atoms with van der Waals surface area (Å²) in [6.45, 7) is 0.791. The highest BCUT2D eigenvalue weighted by molar-refractivity contribution is 5.80. The maximum atomic E-state index is 4.30. The molecule has 4 aromatic rings. The molecule has 0 bridgehead atoms. The van der Waals surface area contributed by atoms with Gasteiger partial charge in [-0.1, -0.05) is 48.5 Å². The van der Waals surface area contributed by atoms with Gasteiger partial charge in [0, 0.05) is 11.2 Å². The molecule has 3 nitrogen and oxygen atoms in total. The van der Waals surface area contributed by atoms with E-state index in [4.69, 9.17) is 0 Å². The Morgan fingerprint density at radius 3 is 2.62 bits per heavy atom. The Morgan fingerprint density at radius 1 is 0.952 bits per heavy atom. The number of benzene rings is 2. The molecule has 0 amide bonds. The monoisotopic (exact) mass is 273 g/mol. The molecular formula is C18H15N3. The van der Waals surface area contributed by atoms with Crippen LogP contribution in [-0.4, -0.2) is 14.5 Å². The number of fused-ring (bicyclic) bond motifs is 1. The average molecular weight is 273 g/mol. The second kappa shape index (κ2) is 4.94. The van der Waals surface area contributed by atoms with Gasteiger partial charge >= 0.3 is 0 Å². The van der Waals surface area contributed by atoms with E-state index in [0.29, 0.717) is 0 Å². The van der Waals surface area contributed by atoms with Crippen LogP contribution >= 0.6 is 0 Å². The Bertz CT molecular complexity index is 839. The minimum atomic E-state index is 0.791. The number of rotatable bonds is 3. The van der Waals surface area contributed by atoms with Crippen LogP contribution in [0.25, 0.3) is 22.2 Å². The molecular weight excluding hydrogens is 258 g/mol. The van der Waals surface area contributed by atoms with E-state index < -0.39 is 0 Å². The summed E-state index contributed by atoms with van der Waals surface area (Å²) in [5, 5.41) is 1.24. The third-order valence-corrected chi connectivity index (χ3v) is 3.71. The summed E-state index contributed by atoms with van der Waals surface area (Å²) in [5.74, 6) is 0. The van der Waals surface area contributed by atoms with Crippen LogP contribution < -0.4 is 0 Å². The topological polar surface area (TPSA) is 33.6 Å². The number of aromatic amines is 1. The van der Waals surface area contributed by atoms with Gasteiger partial charge in [-0.3, -0.25) is 0 Å². The Kier molecular flexibility index (Phi) is 2.82. The molecule has 4 rings (SSSR count). The lowest BCUT2D eigenvalue weighted by Crippen LogP contribution is -2.00. The number of H-pyrrole nitrogens is 1. The van der Waals surface area contributed by atoms with Gasteiger partial charge in [-0.15, -0.1) is 0 Å². The molecule has 0 saturated carbocycles. The zero-order valence-electron chi connectivity index (χ0n) is 11.5. The van der Waals surface area contributed by atoms with Crippen LogP contribution in [-0.2, 0) is 6.54 Å². The van der Waals surface area contributed by atoms with E-state index in [2.05, 4.69) is 69.1 Å². The summed E-state index contributed by atoms with van der Waals surface area (Å²) in [5.41, 5.74) is 4.68. The predicted molar refractivity (Wildman–Crippen MR) is 85.1 cm³/mol. The summed E-state index contributed by atoms with van der Waals surface area (Å²) < 4.78 is 2.17. The molecule has 0 radical (unpaired) electrons. The van der Waals surface area contributed by atoms with Gasteiger partial charge in [0.15, 0.2) is 0 Å². The zero-order valence-corrected chi connectivity index (χ0v) is 11.5. The van der Waals surface area contributed by atoms with Crippen molar-refractivity contribution in [1.29, 1.82) is 0 Å². The maximum absolute atomic E-state index is 4.30. The summed E-state index contributed by atoms with van der Waals surface area (Å²) >= 11 is 0. The number of nitrogens with zero attached hydrogens (tertiary/aromatic N) is 2. The van der Waals surface area contributed by atoms with E-state index in [1.807, 2.05) is 18.6 Å². The zero-order chi connectivity index (χ0) is 14.1. The normalized spacial score (nSPS) is 11.0. The van der Waals surface area contributed by atoms with Gasteiger partial charge in [-0.05, 0) is 23.1 Å². The molecule has 2 heterocycles. The fourth-order valence-corrected chi connectivity index (χ4v) is 2.70. The lowest BCUT2D eigenvalue weighted by atomic mass is 10.2. The SMILES string of the molecule is c1ccc(-c2cncn2Cc2cc3ccccc3[nH]2)cc1. The molecule has 0 aliphatic rings. The standard InChI is InChI=1S/C18H15N3/c1-2-6-14(7-3-1)18-11-19-13-21(18)12-16-10-15-8-4-5-9-17(15)20-16/h1-11,13,20H,12H2. The van der Waals surface area contributed by atoms with Crippen LogP contribution in [0.5, 0.6) is 0 Å². The first kappa shape index (κ1) is 12.0. The van der Waals surface area contributed by atoms with Gasteiger partial charge in [0.1, 0.15) is 0 Å². The first-order valence-corrected chi connectivity index (χ1v) is 7.02. The maximum Gasteiger partial charge on any atom is 0.0954 e. The minimum Gasteiger partial charge on any atom is -0.357 e. The van der Waals surface area contributed by atoms with Crippen molar-refractivity contribution in [2.45, 2.75) is 6.54 Å². The molecule has 102 valence electrons. The molecule has 0 unspecified atom stereocenters. The van der Waals surface area contributed by atoms with Crippen LogP contribution in [0, 0.1) is 0 Å². The van der Waals surface area contributed by atoms with Gasteiger partial charge in [0.25, 0.3) is 0 Å². The van der Waals surface area contributed by atoms with Crippen molar-refractivity contribution in [2.24, 2.45) is 0 Å². The van der Waals surface area contributed by atoms with Crippen molar-refractivity contribution in [3.05, 3.63) is 78.9 Å². The quantitative estimate of drug-likeness (QED) is 0.599. The Morgan fingerprint density at radius 2 is 1.76 bits per heavy atom. The Hall–Kier alpha value is -2.81. The highest BCUT2D eigenvalue weighted by atomic mass is 15.1. The molecule has 1 N–H and O–H groups in total. The van der Waals surface area contributed by atoms with Crippen molar-refractivity contribution in [3.8, 4) is 11.3 Å². The van der Waals surface area contributed by atoms with E-state index in [1.54, 1.807) is 0 Å². The number of hydrogen-bond acceptors (Lipinski definition) is 1. The van der Waals surface area contributed by atoms with E-state index in [0.717, 1.165) is 12.2 Å². The number of imidazole rings is 1. The second-order valence-electron chi connectivity index (χ2n) is 5.15. The minimum absolute atomic E-state index is 0.791. The Balaban J connectivity index is 1.70. The van der Waals surface area contributed by atoms with Crippen LogP contribution in [0.2, 0.25) is 0 Å². The summed E-state index contributed by atoms with van der Waals surface area (Å²) in [6.07, 6.45) is 3.80. The molecule has 0 aliphatic carbocycles. The molecule has 0 saturated heterocycles. The smallest absolute Gasteiger partial charge is 0.0954 e. The third-order valence-electron chi connectivity index (χ3n) is 3.71. The van der Waals surface area contributed by atoms with Crippen molar-refractivity contribution in [2.75, 3.05) is 0 Å². The van der Waals surface area contributed by atoms with Gasteiger partial charge in [-0.25, -0.2) is 4.98 Å². The number of hydrogen-bond donors (Lipinski definition) is 1. The average Bonchev–Trinajstić information content (AvgIpc) is 3.14. The first-order chi connectivity index (χ1) is 10.4. The van der Waals surface area contributed by atoms with Crippen molar-refractivity contribution >= 4 is 10.9 Å². The molecule has 21 heavy (non-hydrogen) atoms. The number of aromatic nitrogens is 3. The molecule has 0 aliphatic heterocycles. The van der Waals surface area contributed by atoms with E-state index in [1.165, 1.54) is 22.2 Å². The van der Waals surface area contributed by atoms with Crippen LogP contribution in [0.15, 0.2) is 73.2 Å². The summed E-state index contributed by atoms with van der Waals surface area (Å²) in [6, 6.07) is 20.9. The van der Waals surface area contributed by atoms with Crippen molar-refractivity contribution < 1.29 is 0 Å². The summed E-state index contributed by atoms with van der Waals surface area (Å²) in [4.78, 5) is 7.76. The molecule has 0 atom stereocenters. The highest BCUT2D eigenvalue weighted by Crippen LogP contribution is 2.21. The van der Waals surface area contributed by atoms with E-state index in [9.17, 15) is 0 Å². The summed E-state index contributed by atoms with van der Waals surface area (Å²) in [7, 11) is 0. The lowest BCUT2D eigenvalue weighted by Gasteiger charge is -2.06.